The van der Waals surface area contributed by atoms with Gasteiger partial charge in [0.15, 0.2) is 5.16 Å². The van der Waals surface area contributed by atoms with E-state index in [4.69, 9.17) is 9.72 Å². The van der Waals surface area contributed by atoms with Crippen LogP contribution in [0.1, 0.15) is 12.5 Å². The van der Waals surface area contributed by atoms with Gasteiger partial charge in [-0.1, -0.05) is 47.7 Å². The lowest BCUT2D eigenvalue weighted by atomic mass is 10.1. The minimum absolute atomic E-state index is 0.118. The highest BCUT2D eigenvalue weighted by Crippen LogP contribution is 2.30. The summed E-state index contributed by atoms with van der Waals surface area (Å²) in [6, 6.07) is 15.1. The number of rotatable bonds is 7. The average Bonchev–Trinajstić information content (AvgIpc) is 3.22. The highest BCUT2D eigenvalue weighted by Gasteiger charge is 2.18. The van der Waals surface area contributed by atoms with Crippen molar-refractivity contribution in [3.63, 3.8) is 0 Å². The third-order valence-electron chi connectivity index (χ3n) is 4.87. The largest absolute Gasteiger partial charge is 0.497 e. The van der Waals surface area contributed by atoms with Crippen molar-refractivity contribution in [3.8, 4) is 17.0 Å². The molecule has 2 heterocycles. The highest BCUT2D eigenvalue weighted by atomic mass is 32.2. The fourth-order valence-electron chi connectivity index (χ4n) is 3.21. The predicted octanol–water partition coefficient (Wildman–Crippen LogP) is 4.59. The number of thioether (sulfide) groups is 1. The smallest absolute Gasteiger partial charge is 0.273 e. The normalized spacial score (nSPS) is 11.0. The number of hydrogen-bond acceptors (Lipinski definition) is 7. The Balaban J connectivity index is 1.61. The Hall–Kier alpha value is -3.17. The second kappa shape index (κ2) is 9.54. The van der Waals surface area contributed by atoms with E-state index in [1.54, 1.807) is 23.8 Å². The Morgan fingerprint density at radius 1 is 1.22 bits per heavy atom. The molecule has 0 saturated carbocycles. The van der Waals surface area contributed by atoms with Crippen LogP contribution in [0.2, 0.25) is 0 Å². The number of nitrogens with zero attached hydrogens (tertiary/aromatic N) is 3. The molecule has 0 aliphatic carbocycles. The molecule has 0 bridgehead atoms. The molecule has 0 aliphatic rings. The van der Waals surface area contributed by atoms with Crippen LogP contribution >= 0.6 is 23.3 Å². The van der Waals surface area contributed by atoms with Crippen LogP contribution in [0, 0.1) is 6.92 Å². The molecule has 4 aromatic rings. The molecular weight excluding hydrogens is 444 g/mol. The lowest BCUT2D eigenvalue weighted by Gasteiger charge is -2.10. The van der Waals surface area contributed by atoms with Crippen LogP contribution in [0.4, 0.5) is 5.69 Å². The van der Waals surface area contributed by atoms with Crippen LogP contribution in [0.25, 0.3) is 21.5 Å². The molecule has 2 aromatic heterocycles. The molecule has 4 rings (SSSR count). The summed E-state index contributed by atoms with van der Waals surface area (Å²) in [5.74, 6) is 0.588. The molecule has 32 heavy (non-hydrogen) atoms. The maximum absolute atomic E-state index is 13.1. The predicted molar refractivity (Wildman–Crippen MR) is 130 cm³/mol. The van der Waals surface area contributed by atoms with E-state index in [-0.39, 0.29) is 17.2 Å². The number of carbonyl (C=O) groups excluding carboxylic acids is 1. The van der Waals surface area contributed by atoms with Crippen molar-refractivity contribution in [2.75, 3.05) is 18.2 Å². The van der Waals surface area contributed by atoms with E-state index in [0.717, 1.165) is 22.7 Å². The summed E-state index contributed by atoms with van der Waals surface area (Å²) in [4.78, 5) is 30.3. The van der Waals surface area contributed by atoms with Gasteiger partial charge in [0.2, 0.25) is 5.91 Å². The Morgan fingerprint density at radius 2 is 2.00 bits per heavy atom. The first-order chi connectivity index (χ1) is 15.5. The van der Waals surface area contributed by atoms with Crippen molar-refractivity contribution in [3.05, 3.63) is 64.4 Å². The van der Waals surface area contributed by atoms with Crippen molar-refractivity contribution >= 4 is 45.1 Å². The van der Waals surface area contributed by atoms with Crippen LogP contribution in [-0.2, 0) is 11.3 Å². The van der Waals surface area contributed by atoms with Crippen molar-refractivity contribution in [1.82, 2.24) is 13.9 Å². The molecule has 0 fully saturated rings. The number of amides is 1. The number of anilines is 1. The first kappa shape index (κ1) is 22.0. The number of methoxy groups -OCH3 is 1. The second-order valence-electron chi connectivity index (χ2n) is 7.09. The Labute approximate surface area is 193 Å². The summed E-state index contributed by atoms with van der Waals surface area (Å²) < 4.78 is 11.8. The van der Waals surface area contributed by atoms with Crippen molar-refractivity contribution in [2.24, 2.45) is 0 Å². The van der Waals surface area contributed by atoms with Gasteiger partial charge >= 0.3 is 0 Å². The monoisotopic (exact) mass is 466 g/mol. The minimum atomic E-state index is -0.192. The van der Waals surface area contributed by atoms with Crippen molar-refractivity contribution in [2.45, 2.75) is 25.5 Å². The molecule has 7 nitrogen and oxygen atoms in total. The third-order valence-corrected chi connectivity index (χ3v) is 6.67. The molecule has 1 N–H and O–H groups in total. The van der Waals surface area contributed by atoms with Crippen molar-refractivity contribution < 1.29 is 9.53 Å². The van der Waals surface area contributed by atoms with Gasteiger partial charge < -0.3 is 10.1 Å². The van der Waals surface area contributed by atoms with Gasteiger partial charge in [0.1, 0.15) is 21.7 Å². The van der Waals surface area contributed by atoms with Crippen LogP contribution in [0.15, 0.2) is 58.5 Å². The van der Waals surface area contributed by atoms with Gasteiger partial charge in [-0.25, -0.2) is 4.98 Å². The number of carbonyl (C=O) groups is 1. The van der Waals surface area contributed by atoms with Gasteiger partial charge in [-0.15, -0.1) is 0 Å². The summed E-state index contributed by atoms with van der Waals surface area (Å²) in [7, 11) is 1.58. The van der Waals surface area contributed by atoms with Crippen LogP contribution < -0.4 is 15.6 Å². The quantitative estimate of drug-likeness (QED) is 0.317. The first-order valence-electron chi connectivity index (χ1n) is 10.0. The zero-order chi connectivity index (χ0) is 22.7. The number of fused-ring (bicyclic) bond motifs is 1. The molecule has 2 aromatic carbocycles. The number of benzene rings is 2. The van der Waals surface area contributed by atoms with Crippen molar-refractivity contribution in [1.29, 1.82) is 0 Å². The third kappa shape index (κ3) is 4.53. The second-order valence-corrected chi connectivity index (χ2v) is 8.80. The lowest BCUT2D eigenvalue weighted by molar-refractivity contribution is -0.113. The number of aromatic nitrogens is 3. The van der Waals surface area contributed by atoms with Crippen LogP contribution in [0.3, 0.4) is 0 Å². The Morgan fingerprint density at radius 3 is 2.72 bits per heavy atom. The number of aryl methyl sites for hydroxylation is 1. The lowest BCUT2D eigenvalue weighted by Crippen LogP contribution is -2.22. The zero-order valence-electron chi connectivity index (χ0n) is 17.9. The molecule has 1 amide bonds. The summed E-state index contributed by atoms with van der Waals surface area (Å²) in [5.41, 5.74) is 3.83. The molecule has 0 saturated heterocycles. The number of hydrogen-bond donors (Lipinski definition) is 1. The summed E-state index contributed by atoms with van der Waals surface area (Å²) in [6.07, 6.45) is 0. The number of nitrogens with one attached hydrogen (secondary N) is 1. The molecule has 0 spiro atoms. The Kier molecular flexibility index (Phi) is 6.57. The first-order valence-corrected chi connectivity index (χ1v) is 11.8. The van der Waals surface area contributed by atoms with E-state index >= 15 is 0 Å². The fraction of sp³-hybridized carbons (Fsp3) is 0.217. The van der Waals surface area contributed by atoms with E-state index in [9.17, 15) is 9.59 Å². The van der Waals surface area contributed by atoms with Crippen LogP contribution in [-0.4, -0.2) is 32.7 Å². The Bertz CT molecular complexity index is 1330. The maximum Gasteiger partial charge on any atom is 0.273 e. The van der Waals surface area contributed by atoms with E-state index in [2.05, 4.69) is 9.69 Å². The molecule has 0 radical (unpaired) electrons. The van der Waals surface area contributed by atoms with E-state index in [1.165, 1.54) is 11.8 Å². The van der Waals surface area contributed by atoms with Gasteiger partial charge in [-0.2, -0.15) is 4.37 Å². The summed E-state index contributed by atoms with van der Waals surface area (Å²) >= 11 is 2.39. The molecule has 0 aliphatic heterocycles. The molecule has 9 heteroatoms. The molecular formula is C23H22N4O3S2. The van der Waals surface area contributed by atoms with E-state index < -0.39 is 0 Å². The van der Waals surface area contributed by atoms with Gasteiger partial charge in [0.05, 0.1) is 12.9 Å². The zero-order valence-corrected chi connectivity index (χ0v) is 19.5. The summed E-state index contributed by atoms with van der Waals surface area (Å²) in [5, 5.41) is 3.35. The van der Waals surface area contributed by atoms with Gasteiger partial charge in [0.25, 0.3) is 5.56 Å². The summed E-state index contributed by atoms with van der Waals surface area (Å²) in [6.45, 7) is 4.36. The molecule has 164 valence electrons. The van der Waals surface area contributed by atoms with E-state index in [0.29, 0.717) is 39.0 Å². The fourth-order valence-corrected chi connectivity index (χ4v) is 4.86. The average molecular weight is 467 g/mol. The van der Waals surface area contributed by atoms with Gasteiger partial charge in [-0.05, 0) is 37.5 Å². The minimum Gasteiger partial charge on any atom is -0.497 e. The maximum atomic E-state index is 13.1. The topological polar surface area (TPSA) is 86.1 Å². The van der Waals surface area contributed by atoms with Gasteiger partial charge in [0, 0.05) is 23.9 Å². The van der Waals surface area contributed by atoms with E-state index in [1.807, 2.05) is 50.2 Å². The SMILES string of the molecule is CCn1c(SCC(=O)Nc2cccc(OC)c2)nc2c(-c3ccc(C)cc3)nsc2c1=O. The highest BCUT2D eigenvalue weighted by molar-refractivity contribution is 7.99. The van der Waals surface area contributed by atoms with Crippen LogP contribution in [0.5, 0.6) is 5.75 Å². The molecule has 0 atom stereocenters. The van der Waals surface area contributed by atoms with Gasteiger partial charge in [-0.3, -0.25) is 14.2 Å². The molecule has 0 unspecified atom stereocenters. The number of ether oxygens (including phenoxy) is 1. The standard InChI is InChI=1S/C23H22N4O3S2/c1-4-27-22(29)21-20(19(26-32-21)15-10-8-14(2)9-11-15)25-23(27)31-13-18(28)24-16-6-5-7-17(12-16)30-3/h5-12H,4,13H2,1-3H3,(H,24,28).